The molecule has 0 aliphatic carbocycles. The van der Waals surface area contributed by atoms with Crippen LogP contribution in [0.5, 0.6) is 23.1 Å². The Morgan fingerprint density at radius 3 is 2.04 bits per heavy atom. The molecule has 0 spiro atoms. The van der Waals surface area contributed by atoms with Gasteiger partial charge in [-0.25, -0.2) is 4.98 Å². The average molecular weight is 307 g/mol. The molecule has 23 heavy (non-hydrogen) atoms. The van der Waals surface area contributed by atoms with Crippen LogP contribution in [0.15, 0.2) is 66.9 Å². The second-order valence-electron chi connectivity index (χ2n) is 4.87. The fraction of sp³-hybridized carbons (Fsp3) is 0.105. The lowest BCUT2D eigenvalue weighted by Gasteiger charge is -2.12. The summed E-state index contributed by atoms with van der Waals surface area (Å²) in [5, 5.41) is 0. The van der Waals surface area contributed by atoms with Crippen molar-refractivity contribution in [2.24, 2.45) is 0 Å². The molecule has 4 heteroatoms. The minimum absolute atomic E-state index is 0.536. The van der Waals surface area contributed by atoms with Crippen molar-refractivity contribution in [2.75, 3.05) is 14.2 Å². The zero-order chi connectivity index (χ0) is 16.1. The monoisotopic (exact) mass is 307 g/mol. The molecule has 0 saturated carbocycles. The number of benzene rings is 2. The van der Waals surface area contributed by atoms with Gasteiger partial charge in [0.2, 0.25) is 5.88 Å². The number of pyridine rings is 1. The van der Waals surface area contributed by atoms with Crippen molar-refractivity contribution in [1.82, 2.24) is 4.98 Å². The Morgan fingerprint density at radius 2 is 1.39 bits per heavy atom. The van der Waals surface area contributed by atoms with Gasteiger partial charge in [0.15, 0.2) is 0 Å². The van der Waals surface area contributed by atoms with E-state index in [1.807, 2.05) is 42.5 Å². The first-order valence-electron chi connectivity index (χ1n) is 7.21. The summed E-state index contributed by atoms with van der Waals surface area (Å²) >= 11 is 0. The summed E-state index contributed by atoms with van der Waals surface area (Å²) in [6, 6.07) is 19.3. The Hall–Kier alpha value is -3.01. The van der Waals surface area contributed by atoms with E-state index >= 15 is 0 Å². The summed E-state index contributed by atoms with van der Waals surface area (Å²) in [5.41, 5.74) is 1.97. The largest absolute Gasteiger partial charge is 0.496 e. The summed E-state index contributed by atoms with van der Waals surface area (Å²) in [6.07, 6.45) is 1.71. The third-order valence-corrected chi connectivity index (χ3v) is 3.40. The second kappa shape index (κ2) is 6.83. The molecule has 0 aliphatic heterocycles. The van der Waals surface area contributed by atoms with E-state index in [9.17, 15) is 0 Å². The van der Waals surface area contributed by atoms with Crippen LogP contribution in [0.1, 0.15) is 0 Å². The van der Waals surface area contributed by atoms with E-state index in [4.69, 9.17) is 14.2 Å². The molecule has 0 atom stereocenters. The fourth-order valence-corrected chi connectivity index (χ4v) is 2.26. The summed E-state index contributed by atoms with van der Waals surface area (Å²) in [6.45, 7) is 0. The number of ether oxygens (including phenoxy) is 3. The lowest BCUT2D eigenvalue weighted by molar-refractivity contribution is 0.385. The summed E-state index contributed by atoms with van der Waals surface area (Å²) in [7, 11) is 3.21. The first-order chi connectivity index (χ1) is 11.3. The molecule has 0 fully saturated rings. The average Bonchev–Trinajstić information content (AvgIpc) is 2.62. The molecule has 0 N–H and O–H groups in total. The number of nitrogens with zero attached hydrogens (tertiary/aromatic N) is 1. The first-order valence-corrected chi connectivity index (χ1v) is 7.21. The van der Waals surface area contributed by atoms with E-state index in [1.165, 1.54) is 0 Å². The van der Waals surface area contributed by atoms with Gasteiger partial charge in [-0.05, 0) is 17.7 Å². The molecule has 0 aliphatic rings. The Balaban J connectivity index is 1.98. The predicted octanol–water partition coefficient (Wildman–Crippen LogP) is 4.56. The Bertz CT molecular complexity index is 765. The highest BCUT2D eigenvalue weighted by Crippen LogP contribution is 2.34. The van der Waals surface area contributed by atoms with Crippen LogP contribution in [0.2, 0.25) is 0 Å². The topological polar surface area (TPSA) is 40.6 Å². The van der Waals surface area contributed by atoms with Gasteiger partial charge in [-0.15, -0.1) is 0 Å². The van der Waals surface area contributed by atoms with Crippen molar-refractivity contribution < 1.29 is 14.2 Å². The van der Waals surface area contributed by atoms with Crippen LogP contribution in [0.3, 0.4) is 0 Å². The van der Waals surface area contributed by atoms with Crippen LogP contribution >= 0.6 is 0 Å². The molecule has 1 heterocycles. The van der Waals surface area contributed by atoms with Gasteiger partial charge in [-0.1, -0.05) is 30.3 Å². The third kappa shape index (κ3) is 3.43. The van der Waals surface area contributed by atoms with Crippen LogP contribution in [-0.2, 0) is 0 Å². The Kier molecular flexibility index (Phi) is 4.43. The molecule has 2 aromatic carbocycles. The molecule has 0 bridgehead atoms. The summed E-state index contributed by atoms with van der Waals surface area (Å²) < 4.78 is 16.5. The van der Waals surface area contributed by atoms with Gasteiger partial charge < -0.3 is 14.2 Å². The standard InChI is InChI=1S/C19H17NO3/c1-21-15-11-16(22-2)13-17(12-15)23-19-18(9-6-10-20-19)14-7-4-3-5-8-14/h3-13H,1-2H3. The Morgan fingerprint density at radius 1 is 0.739 bits per heavy atom. The minimum atomic E-state index is 0.536. The molecule has 3 rings (SSSR count). The molecule has 3 aromatic rings. The highest BCUT2D eigenvalue weighted by molar-refractivity contribution is 5.68. The summed E-state index contributed by atoms with van der Waals surface area (Å²) in [4.78, 5) is 4.36. The van der Waals surface area contributed by atoms with Crippen molar-refractivity contribution in [3.63, 3.8) is 0 Å². The maximum Gasteiger partial charge on any atom is 0.227 e. The van der Waals surface area contributed by atoms with Gasteiger partial charge >= 0.3 is 0 Å². The zero-order valence-electron chi connectivity index (χ0n) is 13.0. The van der Waals surface area contributed by atoms with E-state index in [0.717, 1.165) is 11.1 Å². The quantitative estimate of drug-likeness (QED) is 0.693. The lowest BCUT2D eigenvalue weighted by Crippen LogP contribution is -1.93. The molecule has 0 amide bonds. The first kappa shape index (κ1) is 14.9. The predicted molar refractivity (Wildman–Crippen MR) is 89.3 cm³/mol. The minimum Gasteiger partial charge on any atom is -0.496 e. The fourth-order valence-electron chi connectivity index (χ4n) is 2.26. The molecular weight excluding hydrogens is 290 g/mol. The van der Waals surface area contributed by atoms with Crippen LogP contribution in [0.25, 0.3) is 11.1 Å². The normalized spacial score (nSPS) is 10.2. The molecular formula is C19H17NO3. The molecule has 0 saturated heterocycles. The van der Waals surface area contributed by atoms with Gasteiger partial charge in [-0.2, -0.15) is 0 Å². The maximum atomic E-state index is 5.98. The number of rotatable bonds is 5. The van der Waals surface area contributed by atoms with E-state index < -0.39 is 0 Å². The van der Waals surface area contributed by atoms with Crippen molar-refractivity contribution in [3.8, 4) is 34.3 Å². The second-order valence-corrected chi connectivity index (χ2v) is 4.87. The third-order valence-electron chi connectivity index (χ3n) is 3.40. The molecule has 116 valence electrons. The van der Waals surface area contributed by atoms with Gasteiger partial charge in [0, 0.05) is 30.0 Å². The van der Waals surface area contributed by atoms with Crippen LogP contribution < -0.4 is 14.2 Å². The highest BCUT2D eigenvalue weighted by atomic mass is 16.5. The van der Waals surface area contributed by atoms with E-state index in [2.05, 4.69) is 4.98 Å². The molecule has 0 radical (unpaired) electrons. The van der Waals surface area contributed by atoms with E-state index in [0.29, 0.717) is 23.1 Å². The number of hydrogen-bond acceptors (Lipinski definition) is 4. The molecule has 1 aromatic heterocycles. The van der Waals surface area contributed by atoms with Gasteiger partial charge in [0.05, 0.1) is 14.2 Å². The van der Waals surface area contributed by atoms with Gasteiger partial charge in [-0.3, -0.25) is 0 Å². The van der Waals surface area contributed by atoms with Crippen molar-refractivity contribution in [3.05, 3.63) is 66.9 Å². The number of hydrogen-bond donors (Lipinski definition) is 0. The van der Waals surface area contributed by atoms with Gasteiger partial charge in [0.1, 0.15) is 17.2 Å². The number of aromatic nitrogens is 1. The van der Waals surface area contributed by atoms with Crippen molar-refractivity contribution in [1.29, 1.82) is 0 Å². The van der Waals surface area contributed by atoms with Crippen molar-refractivity contribution in [2.45, 2.75) is 0 Å². The van der Waals surface area contributed by atoms with Crippen molar-refractivity contribution >= 4 is 0 Å². The van der Waals surface area contributed by atoms with Crippen LogP contribution in [0, 0.1) is 0 Å². The Labute approximate surface area is 135 Å². The van der Waals surface area contributed by atoms with E-state index in [1.54, 1.807) is 38.6 Å². The molecule has 0 unspecified atom stereocenters. The smallest absolute Gasteiger partial charge is 0.227 e. The SMILES string of the molecule is COc1cc(OC)cc(Oc2ncccc2-c2ccccc2)c1. The van der Waals surface area contributed by atoms with Crippen LogP contribution in [-0.4, -0.2) is 19.2 Å². The van der Waals surface area contributed by atoms with E-state index in [-0.39, 0.29) is 0 Å². The van der Waals surface area contributed by atoms with Gasteiger partial charge in [0.25, 0.3) is 0 Å². The highest BCUT2D eigenvalue weighted by Gasteiger charge is 2.10. The van der Waals surface area contributed by atoms with Crippen LogP contribution in [0.4, 0.5) is 0 Å². The lowest BCUT2D eigenvalue weighted by atomic mass is 10.1. The molecule has 4 nitrogen and oxygen atoms in total. The number of methoxy groups -OCH3 is 2. The maximum absolute atomic E-state index is 5.98. The zero-order valence-corrected chi connectivity index (χ0v) is 13.0. The summed E-state index contributed by atoms with van der Waals surface area (Å²) in [5.74, 6) is 2.47.